The molecule has 6 nitrogen and oxygen atoms in total. The van der Waals surface area contributed by atoms with E-state index in [9.17, 15) is 14.7 Å². The molecular weight excluding hydrogens is 306 g/mol. The van der Waals surface area contributed by atoms with E-state index in [2.05, 4.69) is 16.8 Å². The molecule has 2 saturated heterocycles. The highest BCUT2D eigenvalue weighted by atomic mass is 16.4. The lowest BCUT2D eigenvalue weighted by molar-refractivity contribution is -0.142. The minimum absolute atomic E-state index is 0.0322. The number of nitrogens with zero attached hydrogens (tertiary/aromatic N) is 3. The molecule has 0 bridgehead atoms. The molecule has 0 unspecified atom stereocenters. The summed E-state index contributed by atoms with van der Waals surface area (Å²) in [4.78, 5) is 32.9. The first-order valence-electron chi connectivity index (χ1n) is 8.75. The first-order chi connectivity index (χ1) is 11.6. The maximum Gasteiger partial charge on any atom is 0.309 e. The van der Waals surface area contributed by atoms with Crippen LogP contribution in [0.1, 0.15) is 31.4 Å². The fourth-order valence-electron chi connectivity index (χ4n) is 3.88. The Morgan fingerprint density at radius 2 is 2.00 bits per heavy atom. The Bertz CT molecular complexity index is 584. The second kappa shape index (κ2) is 7.30. The SMILES string of the molecule is CCN1CCC(C(=O)N2C[C@@H](C(=O)O)[C@H](c3ccccn3)C2)CC1. The van der Waals surface area contributed by atoms with Gasteiger partial charge in [0.25, 0.3) is 0 Å². The predicted octanol–water partition coefficient (Wildman–Crippen LogP) is 1.44. The molecule has 130 valence electrons. The summed E-state index contributed by atoms with van der Waals surface area (Å²) in [5.74, 6) is -1.48. The van der Waals surface area contributed by atoms with Crippen LogP contribution in [0.4, 0.5) is 0 Å². The summed E-state index contributed by atoms with van der Waals surface area (Å²) in [6.45, 7) is 5.81. The Morgan fingerprint density at radius 1 is 1.25 bits per heavy atom. The van der Waals surface area contributed by atoms with Gasteiger partial charge in [-0.2, -0.15) is 0 Å². The lowest BCUT2D eigenvalue weighted by Crippen LogP contribution is -2.42. The number of carbonyl (C=O) groups excluding carboxylic acids is 1. The van der Waals surface area contributed by atoms with Crippen molar-refractivity contribution in [3.63, 3.8) is 0 Å². The number of aliphatic carboxylic acids is 1. The molecule has 1 aromatic heterocycles. The number of hydrogen-bond acceptors (Lipinski definition) is 4. The van der Waals surface area contributed by atoms with Gasteiger partial charge in [0.05, 0.1) is 5.92 Å². The van der Waals surface area contributed by atoms with Crippen LogP contribution >= 0.6 is 0 Å². The van der Waals surface area contributed by atoms with Crippen LogP contribution in [-0.2, 0) is 9.59 Å². The van der Waals surface area contributed by atoms with Crippen LogP contribution in [0.25, 0.3) is 0 Å². The number of piperidine rings is 1. The first kappa shape index (κ1) is 16.9. The van der Waals surface area contributed by atoms with E-state index in [0.29, 0.717) is 13.1 Å². The Hall–Kier alpha value is -1.95. The number of amides is 1. The molecule has 0 spiro atoms. The van der Waals surface area contributed by atoms with Crippen LogP contribution in [0, 0.1) is 11.8 Å². The largest absolute Gasteiger partial charge is 0.481 e. The Labute approximate surface area is 142 Å². The number of carboxylic acids is 1. The molecule has 3 heterocycles. The normalized spacial score (nSPS) is 25.8. The maximum absolute atomic E-state index is 12.8. The summed E-state index contributed by atoms with van der Waals surface area (Å²) >= 11 is 0. The van der Waals surface area contributed by atoms with E-state index < -0.39 is 11.9 Å². The lowest BCUT2D eigenvalue weighted by Gasteiger charge is -2.32. The third-order valence-corrected chi connectivity index (χ3v) is 5.40. The number of hydrogen-bond donors (Lipinski definition) is 1. The second-order valence-electron chi connectivity index (χ2n) is 6.76. The van der Waals surface area contributed by atoms with Gasteiger partial charge in [-0.05, 0) is 44.6 Å². The van der Waals surface area contributed by atoms with Crippen LogP contribution in [0.3, 0.4) is 0 Å². The smallest absolute Gasteiger partial charge is 0.309 e. The minimum atomic E-state index is -0.846. The lowest BCUT2D eigenvalue weighted by atomic mass is 9.93. The molecule has 2 atom stereocenters. The molecule has 1 amide bonds. The van der Waals surface area contributed by atoms with Crippen LogP contribution < -0.4 is 0 Å². The van der Waals surface area contributed by atoms with Crippen LogP contribution in [0.2, 0.25) is 0 Å². The molecule has 3 rings (SSSR count). The van der Waals surface area contributed by atoms with E-state index in [1.165, 1.54) is 0 Å². The fraction of sp³-hybridized carbons (Fsp3) is 0.611. The molecule has 24 heavy (non-hydrogen) atoms. The number of rotatable bonds is 4. The molecule has 0 aliphatic carbocycles. The van der Waals surface area contributed by atoms with Crippen molar-refractivity contribution in [2.24, 2.45) is 11.8 Å². The molecule has 1 aromatic rings. The van der Waals surface area contributed by atoms with E-state index >= 15 is 0 Å². The van der Waals surface area contributed by atoms with Crippen molar-refractivity contribution in [3.05, 3.63) is 30.1 Å². The van der Waals surface area contributed by atoms with Gasteiger partial charge in [0.2, 0.25) is 5.91 Å². The van der Waals surface area contributed by atoms with Gasteiger partial charge < -0.3 is 14.9 Å². The number of carboxylic acid groups (broad SMARTS) is 1. The zero-order valence-electron chi connectivity index (χ0n) is 14.1. The van der Waals surface area contributed by atoms with Crippen LogP contribution in [0.5, 0.6) is 0 Å². The summed E-state index contributed by atoms with van der Waals surface area (Å²) in [6, 6.07) is 5.54. The summed E-state index contributed by atoms with van der Waals surface area (Å²) in [7, 11) is 0. The van der Waals surface area contributed by atoms with Gasteiger partial charge in [-0.1, -0.05) is 13.0 Å². The molecule has 2 fully saturated rings. The average Bonchev–Trinajstić information content (AvgIpc) is 3.07. The number of pyridine rings is 1. The predicted molar refractivity (Wildman–Crippen MR) is 89.5 cm³/mol. The molecule has 2 aliphatic rings. The van der Waals surface area contributed by atoms with Crippen molar-refractivity contribution in [2.45, 2.75) is 25.7 Å². The van der Waals surface area contributed by atoms with E-state index in [0.717, 1.165) is 38.2 Å². The highest BCUT2D eigenvalue weighted by Crippen LogP contribution is 2.33. The van der Waals surface area contributed by atoms with Crippen molar-refractivity contribution in [2.75, 3.05) is 32.7 Å². The molecule has 1 N–H and O–H groups in total. The topological polar surface area (TPSA) is 73.7 Å². The molecule has 0 radical (unpaired) electrons. The van der Waals surface area contributed by atoms with Crippen molar-refractivity contribution >= 4 is 11.9 Å². The molecule has 0 aromatic carbocycles. The van der Waals surface area contributed by atoms with Gasteiger partial charge in [0.15, 0.2) is 0 Å². The summed E-state index contributed by atoms with van der Waals surface area (Å²) in [5.41, 5.74) is 0.765. The van der Waals surface area contributed by atoms with Crippen molar-refractivity contribution in [1.29, 1.82) is 0 Å². The third-order valence-electron chi connectivity index (χ3n) is 5.40. The van der Waals surface area contributed by atoms with Gasteiger partial charge in [0.1, 0.15) is 0 Å². The summed E-state index contributed by atoms with van der Waals surface area (Å²) in [5, 5.41) is 9.55. The Kier molecular flexibility index (Phi) is 5.14. The van der Waals surface area contributed by atoms with E-state index in [-0.39, 0.29) is 17.7 Å². The first-order valence-corrected chi connectivity index (χ1v) is 8.75. The summed E-state index contributed by atoms with van der Waals surface area (Å²) in [6.07, 6.45) is 3.42. The zero-order valence-corrected chi connectivity index (χ0v) is 14.1. The number of aromatic nitrogens is 1. The van der Waals surface area contributed by atoms with Crippen LogP contribution in [-0.4, -0.2) is 64.5 Å². The monoisotopic (exact) mass is 331 g/mol. The van der Waals surface area contributed by atoms with Crippen LogP contribution in [0.15, 0.2) is 24.4 Å². The van der Waals surface area contributed by atoms with Gasteiger partial charge in [-0.3, -0.25) is 14.6 Å². The number of likely N-dealkylation sites (tertiary alicyclic amines) is 2. The summed E-state index contributed by atoms with van der Waals surface area (Å²) < 4.78 is 0. The van der Waals surface area contributed by atoms with E-state index in [4.69, 9.17) is 0 Å². The van der Waals surface area contributed by atoms with Gasteiger partial charge in [-0.15, -0.1) is 0 Å². The quantitative estimate of drug-likeness (QED) is 0.904. The fourth-order valence-corrected chi connectivity index (χ4v) is 3.88. The minimum Gasteiger partial charge on any atom is -0.481 e. The maximum atomic E-state index is 12.8. The third kappa shape index (κ3) is 3.43. The number of carbonyl (C=O) groups is 2. The zero-order chi connectivity index (χ0) is 17.1. The Morgan fingerprint density at radius 3 is 2.58 bits per heavy atom. The standard InChI is InChI=1S/C18H25N3O3/c1-2-20-9-6-13(7-10-20)17(22)21-11-14(15(12-21)18(23)24)16-5-3-4-8-19-16/h3-5,8,13-15H,2,6-7,9-12H2,1H3,(H,23,24)/t14-,15-/m1/s1. The van der Waals surface area contributed by atoms with Gasteiger partial charge in [-0.25, -0.2) is 0 Å². The molecule has 6 heteroatoms. The van der Waals surface area contributed by atoms with E-state index in [1.807, 2.05) is 18.2 Å². The van der Waals surface area contributed by atoms with E-state index in [1.54, 1.807) is 11.1 Å². The molecule has 0 saturated carbocycles. The van der Waals surface area contributed by atoms with Gasteiger partial charge in [0, 0.05) is 36.8 Å². The Balaban J connectivity index is 1.69. The van der Waals surface area contributed by atoms with Crippen molar-refractivity contribution in [1.82, 2.24) is 14.8 Å². The molecular formula is C18H25N3O3. The molecule has 2 aliphatic heterocycles. The van der Waals surface area contributed by atoms with Crippen molar-refractivity contribution in [3.8, 4) is 0 Å². The van der Waals surface area contributed by atoms with Crippen molar-refractivity contribution < 1.29 is 14.7 Å². The second-order valence-corrected chi connectivity index (χ2v) is 6.76. The average molecular weight is 331 g/mol. The van der Waals surface area contributed by atoms with Gasteiger partial charge >= 0.3 is 5.97 Å². The highest BCUT2D eigenvalue weighted by Gasteiger charge is 2.42. The highest BCUT2D eigenvalue weighted by molar-refractivity contribution is 5.81.